The highest BCUT2D eigenvalue weighted by atomic mass is 35.5. The van der Waals surface area contributed by atoms with Gasteiger partial charge in [0.25, 0.3) is 0 Å². The monoisotopic (exact) mass is 434 g/mol. The van der Waals surface area contributed by atoms with Crippen molar-refractivity contribution in [2.45, 2.75) is 0 Å². The van der Waals surface area contributed by atoms with Crippen LogP contribution in [0.1, 0.15) is 10.4 Å². The summed E-state index contributed by atoms with van der Waals surface area (Å²) in [4.78, 5) is 46.6. The maximum Gasteiger partial charge on any atom is 0.446 e. The van der Waals surface area contributed by atoms with E-state index in [0.717, 1.165) is 0 Å². The summed E-state index contributed by atoms with van der Waals surface area (Å²) in [5.74, 6) is -1.98. The highest BCUT2D eigenvalue weighted by Gasteiger charge is 2.21. The van der Waals surface area contributed by atoms with E-state index in [0.29, 0.717) is 0 Å². The first kappa shape index (κ1) is 19.1. The first-order chi connectivity index (χ1) is 14.9. The smallest absolute Gasteiger partial charge is 0.446 e. The van der Waals surface area contributed by atoms with Crippen LogP contribution in [0.2, 0.25) is 6.70 Å². The standard InChI is InChI=1S/C15H13ClN10O4/c1-18-12-23-14(26-4-2-3-7(6-26)9(28)29)25-15(24-12)30-8(27)5-19-13-21-10(16)20-11(17)22-13/h2-4,6H,5H2,1H3,(H4-,17,18,19,20,21,22,23,24,25,28,29)/p+1/i/hD. The molecule has 3 rings (SSSR count). The Hall–Kier alpha value is -4.20. The maximum absolute atomic E-state index is 12.2. The number of rotatable bonds is 8. The number of carbonyl (C=O) groups is 2. The number of nitrogens with one attached hydrogen (secondary N) is 2. The van der Waals surface area contributed by atoms with Gasteiger partial charge in [-0.15, -0.1) is 4.98 Å². The van der Waals surface area contributed by atoms with E-state index in [1.165, 1.54) is 29.1 Å². The van der Waals surface area contributed by atoms with Gasteiger partial charge in [-0.25, -0.2) is 14.2 Å². The van der Waals surface area contributed by atoms with Crippen molar-refractivity contribution in [2.24, 2.45) is 0 Å². The van der Waals surface area contributed by atoms with Crippen LogP contribution in [0.25, 0.3) is 5.95 Å². The molecule has 0 fully saturated rings. The quantitative estimate of drug-likeness (QED) is 0.257. The summed E-state index contributed by atoms with van der Waals surface area (Å²) in [7, 11) is 1.55. The molecule has 0 atom stereocenters. The van der Waals surface area contributed by atoms with Gasteiger partial charge in [0.15, 0.2) is 1.41 Å². The summed E-state index contributed by atoms with van der Waals surface area (Å²) in [6.07, 6.45) is 2.82. The number of carbonyl (C=O) groups excluding carboxylic acids is 1. The summed E-state index contributed by atoms with van der Waals surface area (Å²) in [6.45, 7) is -0.380. The van der Waals surface area contributed by atoms with Gasteiger partial charge in [0.2, 0.25) is 17.2 Å². The fourth-order valence-corrected chi connectivity index (χ4v) is 2.22. The number of pyridine rings is 1. The van der Waals surface area contributed by atoms with Crippen molar-refractivity contribution in [3.63, 3.8) is 0 Å². The number of nitrogens with zero attached hydrogens (tertiary/aromatic N) is 7. The van der Waals surface area contributed by atoms with Crippen LogP contribution < -0.4 is 25.7 Å². The Bertz CT molecular complexity index is 1130. The molecule has 14 nitrogen and oxygen atoms in total. The molecular weight excluding hydrogens is 420 g/mol. The number of halogens is 1. The molecule has 3 aromatic heterocycles. The van der Waals surface area contributed by atoms with Crippen LogP contribution >= 0.6 is 11.6 Å². The molecule has 30 heavy (non-hydrogen) atoms. The van der Waals surface area contributed by atoms with Crippen molar-refractivity contribution in [3.05, 3.63) is 35.4 Å². The van der Waals surface area contributed by atoms with Crippen molar-refractivity contribution in [2.75, 3.05) is 30.0 Å². The minimum absolute atomic E-state index is 0.00853. The van der Waals surface area contributed by atoms with E-state index in [1.807, 2.05) is 5.73 Å². The molecule has 0 spiro atoms. The van der Waals surface area contributed by atoms with Crippen LogP contribution in [0.15, 0.2) is 24.5 Å². The Labute approximate surface area is 174 Å². The molecule has 0 bridgehead atoms. The number of hydrogen-bond acceptors (Lipinski definition) is 12. The van der Waals surface area contributed by atoms with Crippen LogP contribution in [0.5, 0.6) is 6.01 Å². The Kier molecular flexibility index (Phi) is 5.66. The Balaban J connectivity index is 1.76. The van der Waals surface area contributed by atoms with Crippen molar-refractivity contribution < 1.29 is 25.4 Å². The van der Waals surface area contributed by atoms with Crippen molar-refractivity contribution in [3.8, 4) is 12.0 Å². The van der Waals surface area contributed by atoms with Crippen LogP contribution in [-0.2, 0) is 4.79 Å². The number of nitrogens with two attached hydrogens (primary N) is 1. The molecule has 5 N–H and O–H groups in total. The highest BCUT2D eigenvalue weighted by Crippen LogP contribution is 2.09. The lowest BCUT2D eigenvalue weighted by atomic mass is 10.3. The predicted octanol–water partition coefficient (Wildman–Crippen LogP) is -0.674. The SMILES string of the molecule is [2H]Nc1nc(Cl)nc(NCC(=O)Oc2nc(NC)nc(-[n+]3cccc(C(=O)O)c3)n2)n1. The number of hydrogen-bond donors (Lipinski definition) is 4. The molecule has 15 heteroatoms. The molecule has 0 saturated heterocycles. The van der Waals surface area contributed by atoms with Gasteiger partial charge in [0.05, 0.1) is 18.0 Å². The first-order valence-corrected chi connectivity index (χ1v) is 8.48. The summed E-state index contributed by atoms with van der Waals surface area (Å²) in [5, 5.41) is 14.2. The van der Waals surface area contributed by atoms with Crippen LogP contribution in [0, 0.1) is 0 Å². The zero-order chi connectivity index (χ0) is 22.4. The van der Waals surface area contributed by atoms with E-state index in [-0.39, 0.29) is 47.2 Å². The first-order valence-electron chi connectivity index (χ1n) is 8.60. The van der Waals surface area contributed by atoms with E-state index in [2.05, 4.69) is 40.5 Å². The second kappa shape index (κ2) is 8.87. The summed E-state index contributed by atoms with van der Waals surface area (Å²) in [5.41, 5.74) is 1.96. The minimum atomic E-state index is -1.13. The fraction of sp³-hybridized carbons (Fsp3) is 0.133. The number of nitrogen functional groups attached to an aromatic ring is 1. The fourth-order valence-electron chi connectivity index (χ4n) is 2.06. The Morgan fingerprint density at radius 3 is 2.83 bits per heavy atom. The number of anilines is 3. The van der Waals surface area contributed by atoms with E-state index < -0.39 is 11.9 Å². The van der Waals surface area contributed by atoms with Crippen molar-refractivity contribution >= 4 is 41.4 Å². The van der Waals surface area contributed by atoms with Gasteiger partial charge in [-0.2, -0.15) is 15.0 Å². The molecule has 0 aromatic carbocycles. The molecule has 0 radical (unpaired) electrons. The lowest BCUT2D eigenvalue weighted by Crippen LogP contribution is -2.34. The number of esters is 1. The van der Waals surface area contributed by atoms with Gasteiger partial charge in [-0.1, -0.05) is 0 Å². The average molecular weight is 435 g/mol. The third-order valence-corrected chi connectivity index (χ3v) is 3.48. The van der Waals surface area contributed by atoms with Crippen molar-refractivity contribution in [1.82, 2.24) is 29.9 Å². The molecule has 0 unspecified atom stereocenters. The van der Waals surface area contributed by atoms with E-state index in [1.54, 1.807) is 7.05 Å². The molecule has 154 valence electrons. The third-order valence-electron chi connectivity index (χ3n) is 3.31. The molecule has 0 amide bonds. The highest BCUT2D eigenvalue weighted by molar-refractivity contribution is 6.28. The third kappa shape index (κ3) is 5.20. The zero-order valence-electron chi connectivity index (χ0n) is 16.2. The Morgan fingerprint density at radius 2 is 2.10 bits per heavy atom. The number of aromatic carboxylic acids is 1. The predicted molar refractivity (Wildman–Crippen MR) is 101 cm³/mol. The van der Waals surface area contributed by atoms with Gasteiger partial charge >= 0.3 is 29.8 Å². The second-order valence-electron chi connectivity index (χ2n) is 5.38. The van der Waals surface area contributed by atoms with Crippen molar-refractivity contribution in [1.29, 1.82) is 0 Å². The average Bonchev–Trinajstić information content (AvgIpc) is 2.77. The van der Waals surface area contributed by atoms with E-state index in [9.17, 15) is 9.59 Å². The zero-order valence-corrected chi connectivity index (χ0v) is 16.0. The topological polar surface area (TPSA) is 195 Å². The summed E-state index contributed by atoms with van der Waals surface area (Å²) < 4.78 is 13.5. The van der Waals surface area contributed by atoms with E-state index in [4.69, 9.17) is 22.9 Å². The molecule has 0 aliphatic rings. The lowest BCUT2D eigenvalue weighted by Gasteiger charge is -2.05. The molecule has 0 saturated carbocycles. The molecule has 3 heterocycles. The van der Waals surface area contributed by atoms with Gasteiger partial charge in [-0.05, 0) is 33.7 Å². The second-order valence-corrected chi connectivity index (χ2v) is 5.71. The van der Waals surface area contributed by atoms with Crippen LogP contribution in [0.4, 0.5) is 17.8 Å². The molecule has 0 aliphatic heterocycles. The summed E-state index contributed by atoms with van der Waals surface area (Å²) in [6, 6.07) is 2.58. The number of aromatic nitrogens is 7. The molecular formula is C15H14ClN10O4+. The minimum Gasteiger partial charge on any atom is -0.478 e. The lowest BCUT2D eigenvalue weighted by molar-refractivity contribution is -0.603. The Morgan fingerprint density at radius 1 is 1.27 bits per heavy atom. The van der Waals surface area contributed by atoms with Gasteiger partial charge in [0.1, 0.15) is 6.54 Å². The van der Waals surface area contributed by atoms with Crippen LogP contribution in [-0.4, -0.2) is 60.5 Å². The van der Waals surface area contributed by atoms with Gasteiger partial charge in [0, 0.05) is 7.05 Å². The number of carboxylic acids is 1. The maximum atomic E-state index is 12.2. The van der Waals surface area contributed by atoms with Gasteiger partial charge < -0.3 is 26.2 Å². The summed E-state index contributed by atoms with van der Waals surface area (Å²) >= 11 is 5.70. The number of ether oxygens (including phenoxy) is 1. The number of carboxylic acid groups (broad SMARTS) is 1. The van der Waals surface area contributed by atoms with Gasteiger partial charge in [-0.3, -0.25) is 0 Å². The normalized spacial score (nSPS) is 10.7. The molecule has 0 aliphatic carbocycles. The largest absolute Gasteiger partial charge is 0.478 e. The molecule has 3 aromatic rings. The van der Waals surface area contributed by atoms with Crippen LogP contribution in [0.3, 0.4) is 0 Å². The van der Waals surface area contributed by atoms with E-state index >= 15 is 0 Å².